The molecule has 0 aromatic carbocycles. The minimum absolute atomic E-state index is 0.0661. The molecule has 2 aliphatic rings. The van der Waals surface area contributed by atoms with Gasteiger partial charge in [-0.05, 0) is 39.0 Å². The molecule has 0 radical (unpaired) electrons. The van der Waals surface area contributed by atoms with Crippen LogP contribution >= 0.6 is 0 Å². The quantitative estimate of drug-likeness (QED) is 0.780. The number of hydrogen-bond donors (Lipinski definition) is 1. The van der Waals surface area contributed by atoms with E-state index in [1.165, 1.54) is 4.31 Å². The first-order chi connectivity index (χ1) is 11.4. The lowest BCUT2D eigenvalue weighted by molar-refractivity contribution is -0.143. The molecule has 2 unspecified atom stereocenters. The highest BCUT2D eigenvalue weighted by Crippen LogP contribution is 2.28. The summed E-state index contributed by atoms with van der Waals surface area (Å²) in [6, 6.07) is -0.0661. The molecule has 140 valence electrons. The molecule has 1 saturated heterocycles. The lowest BCUT2D eigenvalue weighted by Crippen LogP contribution is -2.52. The molecule has 1 saturated carbocycles. The maximum atomic E-state index is 13.0. The lowest BCUT2D eigenvalue weighted by Gasteiger charge is -2.40. The molecule has 0 bridgehead atoms. The Hall–Kier alpha value is -0.660. The number of carbonyl (C=O) groups excluding carboxylic acids is 1. The number of sulfonamides is 1. The van der Waals surface area contributed by atoms with Crippen LogP contribution in [0.15, 0.2) is 0 Å². The van der Waals surface area contributed by atoms with Gasteiger partial charge in [-0.3, -0.25) is 4.79 Å². The van der Waals surface area contributed by atoms with Crippen molar-refractivity contribution < 1.29 is 18.3 Å². The third-order valence-electron chi connectivity index (χ3n) is 5.40. The number of nitrogens with zero attached hydrogens (tertiary/aromatic N) is 2. The zero-order valence-corrected chi connectivity index (χ0v) is 15.8. The van der Waals surface area contributed by atoms with Crippen LogP contribution in [0.5, 0.6) is 0 Å². The van der Waals surface area contributed by atoms with Crippen LogP contribution < -0.4 is 0 Å². The molecular formula is C17H32N2O4S. The Morgan fingerprint density at radius 3 is 2.29 bits per heavy atom. The molecule has 6 nitrogen and oxygen atoms in total. The highest BCUT2D eigenvalue weighted by Gasteiger charge is 2.37. The van der Waals surface area contributed by atoms with Crippen LogP contribution in [-0.2, 0) is 14.8 Å². The number of amides is 1. The van der Waals surface area contributed by atoms with Crippen molar-refractivity contribution in [1.82, 2.24) is 9.21 Å². The Bertz CT molecular complexity index is 515. The zero-order valence-electron chi connectivity index (χ0n) is 15.0. The second-order valence-corrected chi connectivity index (χ2v) is 9.28. The van der Waals surface area contributed by atoms with E-state index < -0.39 is 16.1 Å². The van der Waals surface area contributed by atoms with Crippen LogP contribution in [0.3, 0.4) is 0 Å². The van der Waals surface area contributed by atoms with Gasteiger partial charge in [0.1, 0.15) is 0 Å². The van der Waals surface area contributed by atoms with E-state index in [2.05, 4.69) is 0 Å². The summed E-state index contributed by atoms with van der Waals surface area (Å²) in [5.41, 5.74) is 0. The van der Waals surface area contributed by atoms with Gasteiger partial charge in [-0.2, -0.15) is 0 Å². The molecular weight excluding hydrogens is 328 g/mol. The molecule has 0 aromatic heterocycles. The lowest BCUT2D eigenvalue weighted by atomic mass is 9.89. The fourth-order valence-electron chi connectivity index (χ4n) is 3.93. The molecule has 1 aliphatic carbocycles. The van der Waals surface area contributed by atoms with Gasteiger partial charge in [-0.15, -0.1) is 0 Å². The monoisotopic (exact) mass is 360 g/mol. The molecule has 1 amide bonds. The molecule has 1 heterocycles. The third-order valence-corrected chi connectivity index (χ3v) is 7.28. The average Bonchev–Trinajstić information content (AvgIpc) is 2.60. The van der Waals surface area contributed by atoms with Crippen LogP contribution in [-0.4, -0.2) is 66.2 Å². The molecule has 2 fully saturated rings. The van der Waals surface area contributed by atoms with Gasteiger partial charge in [0, 0.05) is 25.6 Å². The Balaban J connectivity index is 2.00. The third kappa shape index (κ3) is 4.49. The van der Waals surface area contributed by atoms with E-state index in [4.69, 9.17) is 0 Å². The molecule has 0 aromatic rings. The highest BCUT2D eigenvalue weighted by molar-refractivity contribution is 7.89. The number of piperidine rings is 1. The summed E-state index contributed by atoms with van der Waals surface area (Å²) in [6.45, 7) is 5.24. The predicted octanol–water partition coefficient (Wildman–Crippen LogP) is 1.59. The van der Waals surface area contributed by atoms with Gasteiger partial charge in [0.25, 0.3) is 0 Å². The molecule has 1 N–H and O–H groups in total. The van der Waals surface area contributed by atoms with Crippen molar-refractivity contribution in [1.29, 1.82) is 0 Å². The van der Waals surface area contributed by atoms with Crippen molar-refractivity contribution in [2.24, 2.45) is 5.92 Å². The number of rotatable bonds is 6. The van der Waals surface area contributed by atoms with Crippen molar-refractivity contribution in [3.8, 4) is 0 Å². The van der Waals surface area contributed by atoms with E-state index in [1.807, 2.05) is 11.8 Å². The Morgan fingerprint density at radius 2 is 1.75 bits per heavy atom. The predicted molar refractivity (Wildman–Crippen MR) is 94.0 cm³/mol. The number of aliphatic hydroxyl groups is 1. The summed E-state index contributed by atoms with van der Waals surface area (Å²) in [6.07, 6.45) is 5.35. The highest BCUT2D eigenvalue weighted by atomic mass is 32.2. The fraction of sp³-hybridized carbons (Fsp3) is 0.941. The standard InChI is InChI=1S/C17H32N2O4S/c1-3-11-19(15-7-5-6-8-16(15)20)17(21)14-9-12-18(13-10-14)24(22,23)4-2/h14-16,20H,3-13H2,1-2H3. The SMILES string of the molecule is CCCN(C(=O)C1CCN(S(=O)(=O)CC)CC1)C1CCCCC1O. The van der Waals surface area contributed by atoms with E-state index in [9.17, 15) is 18.3 Å². The number of carbonyl (C=O) groups is 1. The number of aliphatic hydroxyl groups excluding tert-OH is 1. The Morgan fingerprint density at radius 1 is 1.12 bits per heavy atom. The maximum Gasteiger partial charge on any atom is 0.226 e. The summed E-state index contributed by atoms with van der Waals surface area (Å²) in [7, 11) is -3.16. The van der Waals surface area contributed by atoms with Gasteiger partial charge < -0.3 is 10.0 Å². The second-order valence-electron chi connectivity index (χ2n) is 7.02. The Labute approximate surface area is 146 Å². The Kier molecular flexibility index (Phi) is 7.07. The normalized spacial score (nSPS) is 27.1. The van der Waals surface area contributed by atoms with Crippen molar-refractivity contribution in [2.45, 2.75) is 70.9 Å². The van der Waals surface area contributed by atoms with Crippen LogP contribution in [0.4, 0.5) is 0 Å². The van der Waals surface area contributed by atoms with Crippen molar-refractivity contribution >= 4 is 15.9 Å². The smallest absolute Gasteiger partial charge is 0.226 e. The zero-order chi connectivity index (χ0) is 17.7. The first kappa shape index (κ1) is 19.7. The van der Waals surface area contributed by atoms with E-state index in [0.29, 0.717) is 32.5 Å². The minimum Gasteiger partial charge on any atom is -0.391 e. The van der Waals surface area contributed by atoms with Gasteiger partial charge in [-0.1, -0.05) is 19.8 Å². The van der Waals surface area contributed by atoms with Crippen LogP contribution in [0.25, 0.3) is 0 Å². The van der Waals surface area contributed by atoms with Crippen LogP contribution in [0.2, 0.25) is 0 Å². The summed E-state index contributed by atoms with van der Waals surface area (Å²) in [4.78, 5) is 14.9. The largest absolute Gasteiger partial charge is 0.391 e. The average molecular weight is 361 g/mol. The second kappa shape index (κ2) is 8.63. The molecule has 1 aliphatic heterocycles. The van der Waals surface area contributed by atoms with Gasteiger partial charge in [-0.25, -0.2) is 12.7 Å². The van der Waals surface area contributed by atoms with E-state index in [1.54, 1.807) is 6.92 Å². The molecule has 2 rings (SSSR count). The van der Waals surface area contributed by atoms with E-state index in [-0.39, 0.29) is 23.6 Å². The summed E-state index contributed by atoms with van der Waals surface area (Å²) in [5.74, 6) is 0.104. The van der Waals surface area contributed by atoms with Gasteiger partial charge >= 0.3 is 0 Å². The number of hydrogen-bond acceptors (Lipinski definition) is 4. The summed E-state index contributed by atoms with van der Waals surface area (Å²) < 4.78 is 25.4. The van der Waals surface area contributed by atoms with E-state index >= 15 is 0 Å². The van der Waals surface area contributed by atoms with Gasteiger partial charge in [0.2, 0.25) is 15.9 Å². The molecule has 0 spiro atoms. The fourth-order valence-corrected chi connectivity index (χ4v) is 5.07. The first-order valence-corrected chi connectivity index (χ1v) is 11.0. The summed E-state index contributed by atoms with van der Waals surface area (Å²) >= 11 is 0. The van der Waals surface area contributed by atoms with Crippen molar-refractivity contribution in [2.75, 3.05) is 25.4 Å². The van der Waals surface area contributed by atoms with Crippen molar-refractivity contribution in [3.05, 3.63) is 0 Å². The topological polar surface area (TPSA) is 77.9 Å². The van der Waals surface area contributed by atoms with Gasteiger partial charge in [0.05, 0.1) is 17.9 Å². The van der Waals surface area contributed by atoms with Crippen LogP contribution in [0, 0.1) is 5.92 Å². The van der Waals surface area contributed by atoms with Crippen LogP contribution in [0.1, 0.15) is 58.8 Å². The molecule has 24 heavy (non-hydrogen) atoms. The molecule has 2 atom stereocenters. The first-order valence-electron chi connectivity index (χ1n) is 9.37. The van der Waals surface area contributed by atoms with Gasteiger partial charge in [0.15, 0.2) is 0 Å². The summed E-state index contributed by atoms with van der Waals surface area (Å²) in [5, 5.41) is 10.3. The minimum atomic E-state index is -3.16. The molecule has 7 heteroatoms. The maximum absolute atomic E-state index is 13.0. The van der Waals surface area contributed by atoms with E-state index in [0.717, 1.165) is 32.1 Å². The van der Waals surface area contributed by atoms with Crippen molar-refractivity contribution in [3.63, 3.8) is 0 Å².